The van der Waals surface area contributed by atoms with Gasteiger partial charge in [0.15, 0.2) is 9.84 Å². The van der Waals surface area contributed by atoms with Crippen LogP contribution in [0.25, 0.3) is 10.9 Å². The second-order valence-electron chi connectivity index (χ2n) is 7.09. The van der Waals surface area contributed by atoms with Gasteiger partial charge in [0.05, 0.1) is 11.5 Å². The summed E-state index contributed by atoms with van der Waals surface area (Å²) in [6, 6.07) is 7.98. The van der Waals surface area contributed by atoms with Crippen LogP contribution in [0.2, 0.25) is 0 Å². The molecule has 2 aliphatic heterocycles. The first kappa shape index (κ1) is 16.6. The maximum atomic E-state index is 12.8. The fourth-order valence-corrected chi connectivity index (χ4v) is 5.71. The number of benzene rings is 1. The molecule has 0 N–H and O–H groups in total. The van der Waals surface area contributed by atoms with Crippen molar-refractivity contribution >= 4 is 26.6 Å². The minimum atomic E-state index is -2.86. The van der Waals surface area contributed by atoms with Gasteiger partial charge in [0.25, 0.3) is 5.91 Å². The van der Waals surface area contributed by atoms with Gasteiger partial charge >= 0.3 is 0 Å². The van der Waals surface area contributed by atoms with Gasteiger partial charge in [0, 0.05) is 61.9 Å². The molecule has 3 heterocycles. The molecule has 2 aromatic rings. The lowest BCUT2D eigenvalue weighted by molar-refractivity contribution is 0.0588. The van der Waals surface area contributed by atoms with Gasteiger partial charge < -0.3 is 9.47 Å². The number of hydrogen-bond acceptors (Lipinski definition) is 4. The Hall–Kier alpha value is -1.86. The Kier molecular flexibility index (Phi) is 4.08. The Bertz CT molecular complexity index is 911. The summed E-state index contributed by atoms with van der Waals surface area (Å²) in [5.41, 5.74) is 1.83. The number of carbonyl (C=O) groups excluding carboxylic acids is 1. The molecule has 6 nitrogen and oxygen atoms in total. The van der Waals surface area contributed by atoms with Crippen LogP contribution in [0, 0.1) is 0 Å². The monoisotopic (exact) mass is 361 g/mol. The number of piperazine rings is 1. The lowest BCUT2D eigenvalue weighted by Gasteiger charge is -2.37. The van der Waals surface area contributed by atoms with Crippen LogP contribution in [0.3, 0.4) is 0 Å². The fourth-order valence-electron chi connectivity index (χ4n) is 3.95. The lowest BCUT2D eigenvalue weighted by atomic mass is 10.1. The Morgan fingerprint density at radius 1 is 1.12 bits per heavy atom. The van der Waals surface area contributed by atoms with Crippen molar-refractivity contribution in [3.63, 3.8) is 0 Å². The van der Waals surface area contributed by atoms with Crippen LogP contribution in [0.5, 0.6) is 0 Å². The number of aromatic nitrogens is 1. The zero-order valence-corrected chi connectivity index (χ0v) is 15.2. The first-order chi connectivity index (χ1) is 11.9. The van der Waals surface area contributed by atoms with E-state index in [1.165, 1.54) is 0 Å². The molecule has 1 aromatic heterocycles. The van der Waals surface area contributed by atoms with Crippen molar-refractivity contribution in [3.05, 3.63) is 36.0 Å². The van der Waals surface area contributed by atoms with E-state index in [0.717, 1.165) is 36.0 Å². The van der Waals surface area contributed by atoms with E-state index >= 15 is 0 Å². The van der Waals surface area contributed by atoms with Gasteiger partial charge in [-0.3, -0.25) is 9.69 Å². The van der Waals surface area contributed by atoms with E-state index in [4.69, 9.17) is 0 Å². The highest BCUT2D eigenvalue weighted by Crippen LogP contribution is 2.21. The molecule has 0 bridgehead atoms. The summed E-state index contributed by atoms with van der Waals surface area (Å²) < 4.78 is 25.4. The van der Waals surface area contributed by atoms with Crippen LogP contribution >= 0.6 is 0 Å². The van der Waals surface area contributed by atoms with Crippen LogP contribution < -0.4 is 0 Å². The molecule has 2 aliphatic rings. The van der Waals surface area contributed by atoms with E-state index in [-0.39, 0.29) is 17.7 Å². The van der Waals surface area contributed by atoms with E-state index in [1.54, 1.807) is 0 Å². The van der Waals surface area contributed by atoms with E-state index in [2.05, 4.69) is 4.90 Å². The van der Waals surface area contributed by atoms with Crippen LogP contribution in [0.4, 0.5) is 0 Å². The summed E-state index contributed by atoms with van der Waals surface area (Å²) in [6.07, 6.45) is 2.72. The highest BCUT2D eigenvalue weighted by molar-refractivity contribution is 7.91. The first-order valence-electron chi connectivity index (χ1n) is 8.72. The Balaban J connectivity index is 1.42. The summed E-state index contributed by atoms with van der Waals surface area (Å²) in [5.74, 6) is 0.629. The Morgan fingerprint density at radius 2 is 1.88 bits per heavy atom. The van der Waals surface area contributed by atoms with Crippen LogP contribution in [-0.2, 0) is 16.9 Å². The maximum Gasteiger partial charge on any atom is 0.253 e. The predicted molar refractivity (Wildman–Crippen MR) is 97.5 cm³/mol. The molecule has 0 saturated carbocycles. The van der Waals surface area contributed by atoms with Crippen molar-refractivity contribution in [3.8, 4) is 0 Å². The predicted octanol–water partition coefficient (Wildman–Crippen LogP) is 1.12. The largest absolute Gasteiger partial charge is 0.351 e. The van der Waals surface area contributed by atoms with Crippen LogP contribution in [0.15, 0.2) is 30.5 Å². The van der Waals surface area contributed by atoms with E-state index in [0.29, 0.717) is 18.8 Å². The zero-order valence-electron chi connectivity index (χ0n) is 14.4. The summed E-state index contributed by atoms with van der Waals surface area (Å²) in [6.45, 7) is 2.81. The van der Waals surface area contributed by atoms with Crippen molar-refractivity contribution in [1.29, 1.82) is 0 Å². The fraction of sp³-hybridized carbons (Fsp3) is 0.500. The highest BCUT2D eigenvalue weighted by atomic mass is 32.2. The number of amides is 1. The minimum Gasteiger partial charge on any atom is -0.351 e. The molecule has 0 spiro atoms. The first-order valence-corrected chi connectivity index (χ1v) is 10.5. The third-order valence-corrected chi connectivity index (χ3v) is 7.21. The molecule has 25 heavy (non-hydrogen) atoms. The van der Waals surface area contributed by atoms with Crippen LogP contribution in [0.1, 0.15) is 16.8 Å². The number of carbonyl (C=O) groups is 1. The second-order valence-corrected chi connectivity index (χ2v) is 9.31. The highest BCUT2D eigenvalue weighted by Gasteiger charge is 2.34. The van der Waals surface area contributed by atoms with Crippen molar-refractivity contribution in [2.75, 3.05) is 37.7 Å². The number of aryl methyl sites for hydroxylation is 1. The molecule has 134 valence electrons. The van der Waals surface area contributed by atoms with Gasteiger partial charge in [-0.25, -0.2) is 8.42 Å². The van der Waals surface area contributed by atoms with Gasteiger partial charge in [0.1, 0.15) is 0 Å². The SMILES string of the molecule is Cn1ccc2cc(C(=O)N3CCN(C4CCS(=O)(=O)C4)CC3)ccc21. The standard InChI is InChI=1S/C18H23N3O3S/c1-19-6-4-14-12-15(2-3-17(14)19)18(22)21-9-7-20(8-10-21)16-5-11-25(23,24)13-16/h2-4,6,12,16H,5,7-11,13H2,1H3. The molecule has 1 unspecified atom stereocenters. The van der Waals surface area contributed by atoms with Gasteiger partial charge in [0.2, 0.25) is 0 Å². The third kappa shape index (κ3) is 3.18. The average molecular weight is 361 g/mol. The number of nitrogens with zero attached hydrogens (tertiary/aromatic N) is 3. The molecule has 0 radical (unpaired) electrons. The number of sulfone groups is 1. The molecular formula is C18H23N3O3S. The van der Waals surface area contributed by atoms with Gasteiger partial charge in [-0.15, -0.1) is 0 Å². The third-order valence-electron chi connectivity index (χ3n) is 5.46. The van der Waals surface area contributed by atoms with Gasteiger partial charge in [-0.2, -0.15) is 0 Å². The van der Waals surface area contributed by atoms with Gasteiger partial charge in [-0.05, 0) is 30.7 Å². The van der Waals surface area contributed by atoms with Crippen molar-refractivity contribution in [2.45, 2.75) is 12.5 Å². The number of hydrogen-bond donors (Lipinski definition) is 0. The summed E-state index contributed by atoms with van der Waals surface area (Å²) in [5, 5.41) is 1.07. The molecule has 1 amide bonds. The van der Waals surface area contributed by atoms with Crippen molar-refractivity contribution in [2.24, 2.45) is 7.05 Å². The van der Waals surface area contributed by atoms with Gasteiger partial charge in [-0.1, -0.05) is 0 Å². The summed E-state index contributed by atoms with van der Waals surface area (Å²) in [4.78, 5) is 16.9. The average Bonchev–Trinajstić information content (AvgIpc) is 3.16. The molecule has 1 aromatic carbocycles. The molecule has 4 rings (SSSR count). The summed E-state index contributed by atoms with van der Waals surface area (Å²) >= 11 is 0. The van der Waals surface area contributed by atoms with E-state index < -0.39 is 9.84 Å². The molecule has 0 aliphatic carbocycles. The summed E-state index contributed by atoms with van der Waals surface area (Å²) in [7, 11) is -0.868. The zero-order chi connectivity index (χ0) is 17.6. The molecule has 7 heteroatoms. The Morgan fingerprint density at radius 3 is 2.56 bits per heavy atom. The molecule has 2 fully saturated rings. The molecule has 1 atom stereocenters. The topological polar surface area (TPSA) is 62.6 Å². The molecule has 2 saturated heterocycles. The van der Waals surface area contributed by atoms with E-state index in [9.17, 15) is 13.2 Å². The minimum absolute atomic E-state index is 0.0597. The Labute approximate surface area is 147 Å². The van der Waals surface area contributed by atoms with E-state index in [1.807, 2.05) is 47.0 Å². The maximum absolute atomic E-state index is 12.8. The van der Waals surface area contributed by atoms with Crippen molar-refractivity contribution < 1.29 is 13.2 Å². The van der Waals surface area contributed by atoms with Crippen molar-refractivity contribution in [1.82, 2.24) is 14.4 Å². The normalized spacial score (nSPS) is 24.0. The van der Waals surface area contributed by atoms with Crippen LogP contribution in [-0.4, -0.2) is 72.4 Å². The smallest absolute Gasteiger partial charge is 0.253 e. The number of rotatable bonds is 2. The second kappa shape index (κ2) is 6.14. The quantitative estimate of drug-likeness (QED) is 0.804. The lowest BCUT2D eigenvalue weighted by Crippen LogP contribution is -2.52. The number of fused-ring (bicyclic) bond motifs is 1. The molecular weight excluding hydrogens is 338 g/mol.